The molecule has 0 radical (unpaired) electrons. The molecule has 2 amide bonds. The predicted molar refractivity (Wildman–Crippen MR) is 72.3 cm³/mol. The van der Waals surface area contributed by atoms with Crippen LogP contribution >= 0.6 is 0 Å². The van der Waals surface area contributed by atoms with Crippen LogP contribution in [-0.4, -0.2) is 34.1 Å². The molecule has 0 bridgehead atoms. The van der Waals surface area contributed by atoms with E-state index in [2.05, 4.69) is 20.6 Å². The summed E-state index contributed by atoms with van der Waals surface area (Å²) in [5.74, 6) is 0.310. The SMILES string of the molecule is CC(C)(C)OC(=O)Nc1ncc(C2CNC(=O)C2)cn1. The summed E-state index contributed by atoms with van der Waals surface area (Å²) in [6.07, 6.45) is 3.08. The number of rotatable bonds is 2. The molecule has 1 aromatic rings. The van der Waals surface area contributed by atoms with Crippen molar-refractivity contribution in [1.82, 2.24) is 15.3 Å². The second-order valence-electron chi connectivity index (χ2n) is 5.67. The van der Waals surface area contributed by atoms with Crippen molar-refractivity contribution in [2.24, 2.45) is 0 Å². The molecule has 1 aromatic heterocycles. The fraction of sp³-hybridized carbons (Fsp3) is 0.538. The summed E-state index contributed by atoms with van der Waals surface area (Å²) in [6, 6.07) is 0. The standard InChI is InChI=1S/C13H18N4O3/c1-13(2,3)20-12(19)17-11-15-6-9(7-16-11)8-4-10(18)14-5-8/h6-8H,4-5H2,1-3H3,(H,14,18)(H,15,16,17,19). The highest BCUT2D eigenvalue weighted by molar-refractivity contribution is 5.82. The van der Waals surface area contributed by atoms with Crippen molar-refractivity contribution >= 4 is 17.9 Å². The van der Waals surface area contributed by atoms with Crippen LogP contribution in [0.15, 0.2) is 12.4 Å². The monoisotopic (exact) mass is 278 g/mol. The molecule has 7 nitrogen and oxygen atoms in total. The number of nitrogens with one attached hydrogen (secondary N) is 2. The number of anilines is 1. The Hall–Kier alpha value is -2.18. The summed E-state index contributed by atoms with van der Waals surface area (Å²) in [6.45, 7) is 5.93. The molecule has 1 aliphatic heterocycles. The summed E-state index contributed by atoms with van der Waals surface area (Å²) in [4.78, 5) is 30.8. The lowest BCUT2D eigenvalue weighted by Gasteiger charge is -2.19. The zero-order valence-electron chi connectivity index (χ0n) is 11.8. The first kappa shape index (κ1) is 14.2. The molecule has 0 spiro atoms. The Morgan fingerprint density at radius 3 is 2.55 bits per heavy atom. The van der Waals surface area contributed by atoms with Gasteiger partial charge in [0.25, 0.3) is 0 Å². The van der Waals surface area contributed by atoms with Gasteiger partial charge in [0.05, 0.1) is 0 Å². The largest absolute Gasteiger partial charge is 0.444 e. The van der Waals surface area contributed by atoms with E-state index in [-0.39, 0.29) is 17.8 Å². The van der Waals surface area contributed by atoms with Gasteiger partial charge in [-0.25, -0.2) is 14.8 Å². The van der Waals surface area contributed by atoms with E-state index < -0.39 is 11.7 Å². The van der Waals surface area contributed by atoms with Gasteiger partial charge in [0.2, 0.25) is 11.9 Å². The quantitative estimate of drug-likeness (QED) is 0.853. The third-order valence-electron chi connectivity index (χ3n) is 2.73. The van der Waals surface area contributed by atoms with Crippen molar-refractivity contribution in [2.75, 3.05) is 11.9 Å². The molecule has 2 heterocycles. The number of aromatic nitrogens is 2. The van der Waals surface area contributed by atoms with Crippen molar-refractivity contribution in [3.05, 3.63) is 18.0 Å². The molecule has 0 saturated carbocycles. The average molecular weight is 278 g/mol. The highest BCUT2D eigenvalue weighted by Crippen LogP contribution is 2.21. The van der Waals surface area contributed by atoms with Crippen molar-refractivity contribution in [1.29, 1.82) is 0 Å². The molecule has 2 N–H and O–H groups in total. The Labute approximate surface area is 117 Å². The Morgan fingerprint density at radius 1 is 1.40 bits per heavy atom. The second-order valence-corrected chi connectivity index (χ2v) is 5.67. The molecule has 0 aromatic carbocycles. The van der Waals surface area contributed by atoms with Crippen molar-refractivity contribution < 1.29 is 14.3 Å². The van der Waals surface area contributed by atoms with E-state index in [1.165, 1.54) is 0 Å². The van der Waals surface area contributed by atoms with Crippen LogP contribution in [0.4, 0.5) is 10.7 Å². The van der Waals surface area contributed by atoms with E-state index in [9.17, 15) is 9.59 Å². The number of carbonyl (C=O) groups is 2. The maximum absolute atomic E-state index is 11.5. The Balaban J connectivity index is 1.95. The Kier molecular flexibility index (Phi) is 3.87. The number of ether oxygens (including phenoxy) is 1. The molecule has 20 heavy (non-hydrogen) atoms. The first-order chi connectivity index (χ1) is 9.33. The highest BCUT2D eigenvalue weighted by atomic mass is 16.6. The molecule has 7 heteroatoms. The van der Waals surface area contributed by atoms with Crippen LogP contribution in [-0.2, 0) is 9.53 Å². The number of hydrogen-bond acceptors (Lipinski definition) is 5. The fourth-order valence-electron chi connectivity index (χ4n) is 1.85. The first-order valence-corrected chi connectivity index (χ1v) is 6.42. The third kappa shape index (κ3) is 3.91. The Morgan fingerprint density at radius 2 is 2.05 bits per heavy atom. The molecule has 108 valence electrons. The highest BCUT2D eigenvalue weighted by Gasteiger charge is 2.23. The lowest BCUT2D eigenvalue weighted by atomic mass is 10.0. The Bertz CT molecular complexity index is 507. The van der Waals surface area contributed by atoms with E-state index in [0.717, 1.165) is 5.56 Å². The van der Waals surface area contributed by atoms with Gasteiger partial charge >= 0.3 is 6.09 Å². The van der Waals surface area contributed by atoms with Crippen LogP contribution in [0, 0.1) is 0 Å². The number of hydrogen-bond donors (Lipinski definition) is 2. The lowest BCUT2D eigenvalue weighted by Crippen LogP contribution is -2.27. The molecule has 2 rings (SSSR count). The molecular formula is C13H18N4O3. The number of nitrogens with zero attached hydrogens (tertiary/aromatic N) is 2. The molecule has 0 aliphatic carbocycles. The van der Waals surface area contributed by atoms with E-state index >= 15 is 0 Å². The minimum absolute atomic E-state index is 0.0333. The second kappa shape index (κ2) is 5.44. The minimum atomic E-state index is -0.594. The predicted octanol–water partition coefficient (Wildman–Crippen LogP) is 1.43. The fourth-order valence-corrected chi connectivity index (χ4v) is 1.85. The van der Waals surface area contributed by atoms with Crippen molar-refractivity contribution in [3.8, 4) is 0 Å². The van der Waals surface area contributed by atoms with E-state index in [0.29, 0.717) is 13.0 Å². The summed E-state index contributed by atoms with van der Waals surface area (Å²) in [5.41, 5.74) is 0.304. The van der Waals surface area contributed by atoms with Gasteiger partial charge in [-0.15, -0.1) is 0 Å². The van der Waals surface area contributed by atoms with Gasteiger partial charge in [-0.05, 0) is 26.3 Å². The van der Waals surface area contributed by atoms with Gasteiger partial charge in [-0.3, -0.25) is 10.1 Å². The summed E-state index contributed by atoms with van der Waals surface area (Å²) >= 11 is 0. The molecule has 1 atom stereocenters. The van der Waals surface area contributed by atoms with Crippen LogP contribution in [0.2, 0.25) is 0 Å². The van der Waals surface area contributed by atoms with Crippen LogP contribution in [0.3, 0.4) is 0 Å². The van der Waals surface area contributed by atoms with Crippen LogP contribution in [0.1, 0.15) is 38.7 Å². The lowest BCUT2D eigenvalue weighted by molar-refractivity contribution is -0.119. The topological polar surface area (TPSA) is 93.2 Å². The van der Waals surface area contributed by atoms with E-state index in [1.807, 2.05) is 0 Å². The summed E-state index contributed by atoms with van der Waals surface area (Å²) < 4.78 is 5.10. The third-order valence-corrected chi connectivity index (χ3v) is 2.73. The molecule has 1 aliphatic rings. The van der Waals surface area contributed by atoms with Gasteiger partial charge in [0.15, 0.2) is 0 Å². The van der Waals surface area contributed by atoms with E-state index in [4.69, 9.17) is 4.74 Å². The molecular weight excluding hydrogens is 260 g/mol. The van der Waals surface area contributed by atoms with Crippen molar-refractivity contribution in [2.45, 2.75) is 38.7 Å². The van der Waals surface area contributed by atoms with Crippen LogP contribution in [0.5, 0.6) is 0 Å². The zero-order valence-corrected chi connectivity index (χ0v) is 11.8. The maximum atomic E-state index is 11.5. The molecule has 1 saturated heterocycles. The summed E-state index contributed by atoms with van der Waals surface area (Å²) in [7, 11) is 0. The van der Waals surface area contributed by atoms with Gasteiger partial charge in [-0.2, -0.15) is 0 Å². The number of amides is 2. The smallest absolute Gasteiger partial charge is 0.414 e. The van der Waals surface area contributed by atoms with Crippen LogP contribution < -0.4 is 10.6 Å². The first-order valence-electron chi connectivity index (χ1n) is 6.42. The zero-order chi connectivity index (χ0) is 14.8. The normalized spacial score (nSPS) is 18.6. The van der Waals surface area contributed by atoms with E-state index in [1.54, 1.807) is 33.2 Å². The summed E-state index contributed by atoms with van der Waals surface area (Å²) in [5, 5.41) is 5.22. The van der Waals surface area contributed by atoms with Gasteiger partial charge in [0.1, 0.15) is 5.60 Å². The van der Waals surface area contributed by atoms with Crippen molar-refractivity contribution in [3.63, 3.8) is 0 Å². The molecule has 1 unspecified atom stereocenters. The van der Waals surface area contributed by atoms with Crippen LogP contribution in [0.25, 0.3) is 0 Å². The maximum Gasteiger partial charge on any atom is 0.414 e. The number of carbonyl (C=O) groups excluding carboxylic acids is 2. The van der Waals surface area contributed by atoms with Gasteiger partial charge < -0.3 is 10.1 Å². The van der Waals surface area contributed by atoms with Gasteiger partial charge in [-0.1, -0.05) is 0 Å². The average Bonchev–Trinajstić information content (AvgIpc) is 2.74. The van der Waals surface area contributed by atoms with Gasteiger partial charge in [0, 0.05) is 31.3 Å². The minimum Gasteiger partial charge on any atom is -0.444 e. The molecule has 1 fully saturated rings.